The number of amides is 1. The molecule has 0 unspecified atom stereocenters. The molecular weight excluding hydrogens is 335 g/mol. The SMILES string of the molecule is COc1cc(NC(=O)c2cc(Cl)ccc2Cl)c2ncccc2c1. The van der Waals surface area contributed by atoms with Crippen molar-refractivity contribution in [3.8, 4) is 5.75 Å². The number of hydrogen-bond donors (Lipinski definition) is 1. The molecule has 3 aromatic rings. The van der Waals surface area contributed by atoms with Crippen molar-refractivity contribution in [2.24, 2.45) is 0 Å². The van der Waals surface area contributed by atoms with Crippen molar-refractivity contribution in [1.29, 1.82) is 0 Å². The lowest BCUT2D eigenvalue weighted by atomic mass is 10.1. The van der Waals surface area contributed by atoms with Crippen LogP contribution in [0.25, 0.3) is 10.9 Å². The molecule has 0 aliphatic rings. The Labute approximate surface area is 143 Å². The minimum Gasteiger partial charge on any atom is -0.497 e. The highest BCUT2D eigenvalue weighted by Gasteiger charge is 2.14. The molecule has 0 atom stereocenters. The van der Waals surface area contributed by atoms with E-state index in [1.54, 1.807) is 31.5 Å². The van der Waals surface area contributed by atoms with Gasteiger partial charge in [-0.2, -0.15) is 0 Å². The van der Waals surface area contributed by atoms with E-state index in [1.165, 1.54) is 6.07 Å². The summed E-state index contributed by atoms with van der Waals surface area (Å²) in [6, 6.07) is 12.0. The summed E-state index contributed by atoms with van der Waals surface area (Å²) in [5.74, 6) is 0.260. The van der Waals surface area contributed by atoms with Crippen LogP contribution in [-0.2, 0) is 0 Å². The highest BCUT2D eigenvalue weighted by Crippen LogP contribution is 2.29. The van der Waals surface area contributed by atoms with Crippen LogP contribution in [0.15, 0.2) is 48.7 Å². The standard InChI is InChI=1S/C17H12Cl2N2O2/c1-23-12-7-10-3-2-6-20-16(10)15(9-12)21-17(22)13-8-11(18)4-5-14(13)19/h2-9H,1H3,(H,21,22). The Kier molecular flexibility index (Phi) is 4.37. The van der Waals surface area contributed by atoms with Crippen molar-refractivity contribution in [3.05, 3.63) is 64.3 Å². The van der Waals surface area contributed by atoms with Crippen molar-refractivity contribution in [2.45, 2.75) is 0 Å². The van der Waals surface area contributed by atoms with Crippen LogP contribution >= 0.6 is 23.2 Å². The van der Waals surface area contributed by atoms with E-state index in [4.69, 9.17) is 27.9 Å². The molecule has 0 saturated heterocycles. The van der Waals surface area contributed by atoms with Gasteiger partial charge >= 0.3 is 0 Å². The topological polar surface area (TPSA) is 51.2 Å². The van der Waals surface area contributed by atoms with Crippen LogP contribution in [0.2, 0.25) is 10.0 Å². The number of methoxy groups -OCH3 is 1. The van der Waals surface area contributed by atoms with Crippen molar-refractivity contribution in [1.82, 2.24) is 4.98 Å². The summed E-state index contributed by atoms with van der Waals surface area (Å²) in [5.41, 5.74) is 1.51. The number of ether oxygens (including phenoxy) is 1. The van der Waals surface area contributed by atoms with Gasteiger partial charge in [0, 0.05) is 22.7 Å². The van der Waals surface area contributed by atoms with E-state index in [0.29, 0.717) is 32.6 Å². The van der Waals surface area contributed by atoms with Crippen LogP contribution in [0.1, 0.15) is 10.4 Å². The van der Waals surface area contributed by atoms with Crippen molar-refractivity contribution in [2.75, 3.05) is 12.4 Å². The number of fused-ring (bicyclic) bond motifs is 1. The molecule has 0 radical (unpaired) electrons. The van der Waals surface area contributed by atoms with Gasteiger partial charge in [0.15, 0.2) is 0 Å². The van der Waals surface area contributed by atoms with Crippen molar-refractivity contribution < 1.29 is 9.53 Å². The van der Waals surface area contributed by atoms with E-state index >= 15 is 0 Å². The van der Waals surface area contributed by atoms with E-state index in [1.807, 2.05) is 18.2 Å². The molecule has 1 heterocycles. The maximum atomic E-state index is 12.5. The van der Waals surface area contributed by atoms with Gasteiger partial charge in [-0.25, -0.2) is 0 Å². The largest absolute Gasteiger partial charge is 0.497 e. The van der Waals surface area contributed by atoms with Gasteiger partial charge in [-0.1, -0.05) is 29.3 Å². The van der Waals surface area contributed by atoms with Gasteiger partial charge in [0.1, 0.15) is 5.75 Å². The highest BCUT2D eigenvalue weighted by molar-refractivity contribution is 6.36. The Morgan fingerprint density at radius 3 is 2.78 bits per heavy atom. The lowest BCUT2D eigenvalue weighted by Gasteiger charge is -2.11. The zero-order valence-electron chi connectivity index (χ0n) is 12.1. The summed E-state index contributed by atoms with van der Waals surface area (Å²) in [6.07, 6.45) is 1.66. The monoisotopic (exact) mass is 346 g/mol. The number of pyridine rings is 1. The minimum absolute atomic E-state index is 0.297. The zero-order valence-corrected chi connectivity index (χ0v) is 13.7. The number of hydrogen-bond acceptors (Lipinski definition) is 3. The number of benzene rings is 2. The molecule has 0 spiro atoms. The van der Waals surface area contributed by atoms with Gasteiger partial charge in [0.2, 0.25) is 0 Å². The summed E-state index contributed by atoms with van der Waals surface area (Å²) >= 11 is 12.0. The molecule has 3 rings (SSSR count). The minimum atomic E-state index is -0.363. The van der Waals surface area contributed by atoms with Crippen LogP contribution in [0.3, 0.4) is 0 Å². The van der Waals surface area contributed by atoms with Crippen molar-refractivity contribution >= 4 is 45.7 Å². The first-order valence-corrected chi connectivity index (χ1v) is 7.53. The molecule has 0 aliphatic heterocycles. The zero-order chi connectivity index (χ0) is 16.4. The maximum absolute atomic E-state index is 12.5. The average molecular weight is 347 g/mol. The van der Waals surface area contributed by atoms with Gasteiger partial charge < -0.3 is 10.1 Å². The number of carbonyl (C=O) groups excluding carboxylic acids is 1. The van der Waals surface area contributed by atoms with Crippen LogP contribution in [0.4, 0.5) is 5.69 Å². The number of nitrogens with zero attached hydrogens (tertiary/aromatic N) is 1. The third kappa shape index (κ3) is 3.23. The first-order chi connectivity index (χ1) is 11.1. The normalized spacial score (nSPS) is 10.6. The van der Waals surface area contributed by atoms with E-state index in [2.05, 4.69) is 10.3 Å². The Morgan fingerprint density at radius 2 is 2.00 bits per heavy atom. The molecule has 116 valence electrons. The van der Waals surface area contributed by atoms with Gasteiger partial charge in [0.05, 0.1) is 28.9 Å². The molecule has 1 amide bonds. The Morgan fingerprint density at radius 1 is 1.17 bits per heavy atom. The molecule has 2 aromatic carbocycles. The van der Waals surface area contributed by atoms with Gasteiger partial charge in [-0.3, -0.25) is 9.78 Å². The average Bonchev–Trinajstić information content (AvgIpc) is 2.56. The second-order valence-corrected chi connectivity index (χ2v) is 5.67. The molecule has 0 fully saturated rings. The van der Waals surface area contributed by atoms with Gasteiger partial charge in [-0.15, -0.1) is 0 Å². The lowest BCUT2D eigenvalue weighted by Crippen LogP contribution is -2.13. The molecule has 0 aliphatic carbocycles. The van der Waals surface area contributed by atoms with E-state index in [9.17, 15) is 4.79 Å². The summed E-state index contributed by atoms with van der Waals surface area (Å²) in [7, 11) is 1.57. The molecule has 4 nitrogen and oxygen atoms in total. The first-order valence-electron chi connectivity index (χ1n) is 6.77. The third-order valence-corrected chi connectivity index (χ3v) is 3.90. The number of anilines is 1. The molecule has 1 aromatic heterocycles. The fourth-order valence-corrected chi connectivity index (χ4v) is 2.61. The maximum Gasteiger partial charge on any atom is 0.257 e. The number of aromatic nitrogens is 1. The number of nitrogens with one attached hydrogen (secondary N) is 1. The number of rotatable bonds is 3. The predicted octanol–water partition coefficient (Wildman–Crippen LogP) is 4.80. The molecule has 0 bridgehead atoms. The molecular formula is C17H12Cl2N2O2. The number of carbonyl (C=O) groups is 1. The second-order valence-electron chi connectivity index (χ2n) is 4.83. The summed E-state index contributed by atoms with van der Waals surface area (Å²) in [4.78, 5) is 16.8. The van der Waals surface area contributed by atoms with Crippen LogP contribution in [0, 0.1) is 0 Å². The molecule has 6 heteroatoms. The summed E-state index contributed by atoms with van der Waals surface area (Å²) < 4.78 is 5.27. The fraction of sp³-hybridized carbons (Fsp3) is 0.0588. The molecule has 23 heavy (non-hydrogen) atoms. The first kappa shape index (κ1) is 15.6. The summed E-state index contributed by atoms with van der Waals surface area (Å²) in [5, 5.41) is 4.44. The van der Waals surface area contributed by atoms with Crippen molar-refractivity contribution in [3.63, 3.8) is 0 Å². The van der Waals surface area contributed by atoms with E-state index in [0.717, 1.165) is 5.39 Å². The lowest BCUT2D eigenvalue weighted by molar-refractivity contribution is 0.102. The molecule has 1 N–H and O–H groups in total. The van der Waals surface area contributed by atoms with Gasteiger partial charge in [-0.05, 0) is 30.3 Å². The number of halogens is 2. The summed E-state index contributed by atoms with van der Waals surface area (Å²) in [6.45, 7) is 0. The smallest absolute Gasteiger partial charge is 0.257 e. The second kappa shape index (κ2) is 6.44. The fourth-order valence-electron chi connectivity index (χ4n) is 2.24. The highest BCUT2D eigenvalue weighted by atomic mass is 35.5. The van der Waals surface area contributed by atoms with E-state index in [-0.39, 0.29) is 5.91 Å². The van der Waals surface area contributed by atoms with Crippen LogP contribution in [-0.4, -0.2) is 18.0 Å². The van der Waals surface area contributed by atoms with Gasteiger partial charge in [0.25, 0.3) is 5.91 Å². The molecule has 0 saturated carbocycles. The third-order valence-electron chi connectivity index (χ3n) is 3.34. The van der Waals surface area contributed by atoms with Crippen LogP contribution < -0.4 is 10.1 Å². The quantitative estimate of drug-likeness (QED) is 0.740. The Hall–Kier alpha value is -2.30. The van der Waals surface area contributed by atoms with E-state index < -0.39 is 0 Å². The Bertz CT molecular complexity index is 897. The Balaban J connectivity index is 2.03. The predicted molar refractivity (Wildman–Crippen MR) is 92.7 cm³/mol. The van der Waals surface area contributed by atoms with Crippen LogP contribution in [0.5, 0.6) is 5.75 Å².